The van der Waals surface area contributed by atoms with Gasteiger partial charge >= 0.3 is 0 Å². The molecule has 0 aliphatic rings. The van der Waals surface area contributed by atoms with E-state index in [9.17, 15) is 0 Å². The van der Waals surface area contributed by atoms with E-state index in [1.807, 2.05) is 23.0 Å². The molecule has 0 aliphatic heterocycles. The Hall–Kier alpha value is -1.75. The Kier molecular flexibility index (Phi) is 3.26. The molecule has 0 saturated carbocycles. The number of anilines is 2. The van der Waals surface area contributed by atoms with Crippen molar-refractivity contribution in [1.29, 1.82) is 0 Å². The first-order valence-electron chi connectivity index (χ1n) is 4.83. The van der Waals surface area contributed by atoms with Gasteiger partial charge in [0.25, 0.3) is 0 Å². The lowest BCUT2D eigenvalue weighted by Gasteiger charge is -2.08. The Morgan fingerprint density at radius 1 is 1.44 bits per heavy atom. The van der Waals surface area contributed by atoms with Crippen LogP contribution in [-0.4, -0.2) is 12.1 Å². The van der Waals surface area contributed by atoms with Gasteiger partial charge in [0.15, 0.2) is 0 Å². The van der Waals surface area contributed by atoms with Crippen molar-refractivity contribution in [1.82, 2.24) is 4.98 Å². The molecule has 0 fully saturated rings. The van der Waals surface area contributed by atoms with Crippen molar-refractivity contribution in [2.75, 3.05) is 18.2 Å². The van der Waals surface area contributed by atoms with Gasteiger partial charge in [-0.3, -0.25) is 0 Å². The first kappa shape index (κ1) is 10.8. The van der Waals surface area contributed by atoms with Gasteiger partial charge in [-0.1, -0.05) is 0 Å². The fraction of sp³-hybridized carbons (Fsp3) is 0.182. The van der Waals surface area contributed by atoms with Crippen molar-refractivity contribution >= 4 is 22.7 Å². The SMILES string of the molecule is COc1cc(N)cc(NCc2cscn2)c1. The van der Waals surface area contributed by atoms with Crippen LogP contribution in [0.4, 0.5) is 11.4 Å². The topological polar surface area (TPSA) is 60.2 Å². The van der Waals surface area contributed by atoms with Gasteiger partial charge in [-0.05, 0) is 6.07 Å². The van der Waals surface area contributed by atoms with Crippen LogP contribution in [0.15, 0.2) is 29.1 Å². The maximum absolute atomic E-state index is 5.75. The number of rotatable bonds is 4. The maximum atomic E-state index is 5.75. The highest BCUT2D eigenvalue weighted by Crippen LogP contribution is 2.22. The minimum Gasteiger partial charge on any atom is -0.497 e. The Bertz CT molecular complexity index is 456. The summed E-state index contributed by atoms with van der Waals surface area (Å²) in [6.07, 6.45) is 0. The summed E-state index contributed by atoms with van der Waals surface area (Å²) in [4.78, 5) is 4.19. The second-order valence-electron chi connectivity index (χ2n) is 3.33. The molecule has 4 nitrogen and oxygen atoms in total. The van der Waals surface area contributed by atoms with E-state index in [4.69, 9.17) is 10.5 Å². The van der Waals surface area contributed by atoms with Crippen LogP contribution >= 0.6 is 11.3 Å². The Morgan fingerprint density at radius 2 is 2.31 bits per heavy atom. The zero-order valence-corrected chi connectivity index (χ0v) is 9.75. The molecule has 0 aliphatic carbocycles. The highest BCUT2D eigenvalue weighted by Gasteiger charge is 2.00. The van der Waals surface area contributed by atoms with Crippen molar-refractivity contribution in [3.63, 3.8) is 0 Å². The standard InChI is InChI=1S/C11H13N3OS/c1-15-11-3-8(12)2-9(4-11)13-5-10-6-16-7-14-10/h2-4,6-7,13H,5,12H2,1H3. The van der Waals surface area contributed by atoms with Crippen molar-refractivity contribution < 1.29 is 4.74 Å². The van der Waals surface area contributed by atoms with Crippen molar-refractivity contribution in [2.24, 2.45) is 0 Å². The van der Waals surface area contributed by atoms with E-state index in [2.05, 4.69) is 10.3 Å². The van der Waals surface area contributed by atoms with Gasteiger partial charge in [0.1, 0.15) is 5.75 Å². The fourth-order valence-electron chi connectivity index (χ4n) is 1.36. The molecule has 5 heteroatoms. The van der Waals surface area contributed by atoms with E-state index < -0.39 is 0 Å². The summed E-state index contributed by atoms with van der Waals surface area (Å²) >= 11 is 1.59. The van der Waals surface area contributed by atoms with E-state index in [1.54, 1.807) is 24.5 Å². The molecule has 84 valence electrons. The molecular weight excluding hydrogens is 222 g/mol. The molecule has 3 N–H and O–H groups in total. The quantitative estimate of drug-likeness (QED) is 0.799. The summed E-state index contributed by atoms with van der Waals surface area (Å²) in [5.41, 5.74) is 10.2. The molecule has 0 saturated heterocycles. The lowest BCUT2D eigenvalue weighted by atomic mass is 10.2. The number of hydrogen-bond acceptors (Lipinski definition) is 5. The third-order valence-corrected chi connectivity index (χ3v) is 2.76. The number of thiazole rings is 1. The van der Waals surface area contributed by atoms with Gasteiger partial charge in [0, 0.05) is 28.9 Å². The Morgan fingerprint density at radius 3 is 3.00 bits per heavy atom. The average Bonchev–Trinajstić information content (AvgIpc) is 2.78. The third kappa shape index (κ3) is 2.64. The maximum Gasteiger partial charge on any atom is 0.122 e. The molecule has 0 amide bonds. The van der Waals surface area contributed by atoms with Gasteiger partial charge in [-0.15, -0.1) is 11.3 Å². The zero-order chi connectivity index (χ0) is 11.4. The number of benzene rings is 1. The average molecular weight is 235 g/mol. The van der Waals surface area contributed by atoms with Crippen LogP contribution in [0, 0.1) is 0 Å². The summed E-state index contributed by atoms with van der Waals surface area (Å²) in [5, 5.41) is 5.26. The first-order chi connectivity index (χ1) is 7.78. The second-order valence-corrected chi connectivity index (χ2v) is 4.05. The molecule has 0 spiro atoms. The predicted octanol–water partition coefficient (Wildman–Crippen LogP) is 2.35. The summed E-state index contributed by atoms with van der Waals surface area (Å²) in [5.74, 6) is 0.751. The molecule has 0 unspecified atom stereocenters. The minimum absolute atomic E-state index is 0.681. The lowest BCUT2D eigenvalue weighted by molar-refractivity contribution is 0.415. The van der Waals surface area contributed by atoms with E-state index in [-0.39, 0.29) is 0 Å². The van der Waals surface area contributed by atoms with Crippen LogP contribution in [0.2, 0.25) is 0 Å². The number of hydrogen-bond donors (Lipinski definition) is 2. The minimum atomic E-state index is 0.681. The summed E-state index contributed by atoms with van der Waals surface area (Å²) in [6.45, 7) is 0.691. The van der Waals surface area contributed by atoms with Gasteiger partial charge < -0.3 is 15.8 Å². The summed E-state index contributed by atoms with van der Waals surface area (Å²) in [6, 6.07) is 5.56. The molecule has 0 atom stereocenters. The molecule has 1 heterocycles. The first-order valence-corrected chi connectivity index (χ1v) is 5.77. The Balaban J connectivity index is 2.06. The van der Waals surface area contributed by atoms with E-state index in [0.717, 1.165) is 17.1 Å². The van der Waals surface area contributed by atoms with E-state index >= 15 is 0 Å². The lowest BCUT2D eigenvalue weighted by Crippen LogP contribution is -2.00. The molecule has 16 heavy (non-hydrogen) atoms. The Labute approximate surface area is 98.1 Å². The number of ether oxygens (including phenoxy) is 1. The van der Waals surface area contributed by atoms with Crippen LogP contribution in [-0.2, 0) is 6.54 Å². The third-order valence-electron chi connectivity index (χ3n) is 2.12. The second kappa shape index (κ2) is 4.85. The number of nitrogens with two attached hydrogens (primary N) is 1. The number of nitrogens with one attached hydrogen (secondary N) is 1. The fourth-order valence-corrected chi connectivity index (χ4v) is 1.92. The van der Waals surface area contributed by atoms with E-state index in [0.29, 0.717) is 12.2 Å². The molecule has 2 rings (SSSR count). The van der Waals surface area contributed by atoms with Gasteiger partial charge in [-0.2, -0.15) is 0 Å². The number of methoxy groups -OCH3 is 1. The van der Waals surface area contributed by atoms with Crippen LogP contribution in [0.25, 0.3) is 0 Å². The monoisotopic (exact) mass is 235 g/mol. The van der Waals surface area contributed by atoms with E-state index in [1.165, 1.54) is 0 Å². The predicted molar refractivity (Wildman–Crippen MR) is 66.8 cm³/mol. The molecule has 0 radical (unpaired) electrons. The molecule has 1 aromatic carbocycles. The smallest absolute Gasteiger partial charge is 0.122 e. The van der Waals surface area contributed by atoms with Crippen LogP contribution < -0.4 is 15.8 Å². The number of aromatic nitrogens is 1. The molecule has 1 aromatic heterocycles. The van der Waals surface area contributed by atoms with Crippen LogP contribution in [0.3, 0.4) is 0 Å². The van der Waals surface area contributed by atoms with Crippen LogP contribution in [0.5, 0.6) is 5.75 Å². The largest absolute Gasteiger partial charge is 0.497 e. The molecular formula is C11H13N3OS. The van der Waals surface area contributed by atoms with Crippen molar-refractivity contribution in [2.45, 2.75) is 6.54 Å². The number of nitrogens with zero attached hydrogens (tertiary/aromatic N) is 1. The zero-order valence-electron chi connectivity index (χ0n) is 8.93. The van der Waals surface area contributed by atoms with Gasteiger partial charge in [0.05, 0.1) is 24.9 Å². The molecule has 0 bridgehead atoms. The van der Waals surface area contributed by atoms with Crippen LogP contribution in [0.1, 0.15) is 5.69 Å². The van der Waals surface area contributed by atoms with Gasteiger partial charge in [-0.25, -0.2) is 4.98 Å². The van der Waals surface area contributed by atoms with Gasteiger partial charge in [0.2, 0.25) is 0 Å². The highest BCUT2D eigenvalue weighted by molar-refractivity contribution is 7.07. The highest BCUT2D eigenvalue weighted by atomic mass is 32.1. The normalized spacial score (nSPS) is 10.1. The number of nitrogen functional groups attached to an aromatic ring is 1. The summed E-state index contributed by atoms with van der Waals surface area (Å²) < 4.78 is 5.14. The summed E-state index contributed by atoms with van der Waals surface area (Å²) in [7, 11) is 1.62. The van der Waals surface area contributed by atoms with Crippen molar-refractivity contribution in [3.05, 3.63) is 34.8 Å². The molecule has 2 aromatic rings. The van der Waals surface area contributed by atoms with Crippen molar-refractivity contribution in [3.8, 4) is 5.75 Å².